The van der Waals surface area contributed by atoms with Crippen molar-refractivity contribution in [3.63, 3.8) is 0 Å². The Morgan fingerprint density at radius 3 is 2.43 bits per heavy atom. The zero-order chi connectivity index (χ0) is 15.1. The molecule has 2 nitrogen and oxygen atoms in total. The summed E-state index contributed by atoms with van der Waals surface area (Å²) in [5, 5.41) is 3.55. The highest BCUT2D eigenvalue weighted by molar-refractivity contribution is 5.47. The lowest BCUT2D eigenvalue weighted by Crippen LogP contribution is -2.26. The zero-order valence-corrected chi connectivity index (χ0v) is 14.1. The Labute approximate surface area is 130 Å². The van der Waals surface area contributed by atoms with E-state index in [0.717, 1.165) is 12.5 Å². The fourth-order valence-corrected chi connectivity index (χ4v) is 3.36. The summed E-state index contributed by atoms with van der Waals surface area (Å²) in [6, 6.07) is 9.56. The van der Waals surface area contributed by atoms with Gasteiger partial charge < -0.3 is 10.2 Å². The number of anilines is 1. The Bertz CT molecular complexity index is 393. The Kier molecular flexibility index (Phi) is 6.56. The highest BCUT2D eigenvalue weighted by atomic mass is 15.1. The maximum Gasteiger partial charge on any atom is 0.0363 e. The number of hydrogen-bond donors (Lipinski definition) is 1. The Balaban J connectivity index is 1.88. The van der Waals surface area contributed by atoms with Crippen LogP contribution in [0.5, 0.6) is 0 Å². The minimum Gasteiger partial charge on any atom is -0.374 e. The van der Waals surface area contributed by atoms with Gasteiger partial charge >= 0.3 is 0 Å². The normalized spacial score (nSPS) is 17.7. The molecule has 1 atom stereocenters. The summed E-state index contributed by atoms with van der Waals surface area (Å²) in [5.74, 6) is 0.897. The smallest absolute Gasteiger partial charge is 0.0363 e. The first-order valence-electron chi connectivity index (χ1n) is 8.75. The molecule has 0 heterocycles. The number of nitrogens with zero attached hydrogens (tertiary/aromatic N) is 1. The van der Waals surface area contributed by atoms with Crippen molar-refractivity contribution in [2.75, 3.05) is 25.0 Å². The van der Waals surface area contributed by atoms with Gasteiger partial charge in [-0.15, -0.1) is 0 Å². The van der Waals surface area contributed by atoms with Gasteiger partial charge in [0.15, 0.2) is 0 Å². The highest BCUT2D eigenvalue weighted by Crippen LogP contribution is 2.26. The molecule has 0 spiro atoms. The standard InChI is InChI=1S/C19H32N2/c1-4-14-20-16(2)18-10-12-19(13-11-18)21(3)15-17-8-6-5-7-9-17/h10-13,16-17,20H,4-9,14-15H2,1-3H3. The molecular formula is C19H32N2. The van der Waals surface area contributed by atoms with Crippen LogP contribution >= 0.6 is 0 Å². The summed E-state index contributed by atoms with van der Waals surface area (Å²) in [7, 11) is 2.24. The molecule has 1 aliphatic carbocycles. The number of hydrogen-bond acceptors (Lipinski definition) is 2. The zero-order valence-electron chi connectivity index (χ0n) is 14.1. The van der Waals surface area contributed by atoms with Crippen LogP contribution in [0.15, 0.2) is 24.3 Å². The molecule has 0 aliphatic heterocycles. The summed E-state index contributed by atoms with van der Waals surface area (Å²) in [6.45, 7) is 6.76. The summed E-state index contributed by atoms with van der Waals surface area (Å²) in [4.78, 5) is 2.43. The predicted molar refractivity (Wildman–Crippen MR) is 93.0 cm³/mol. The minimum absolute atomic E-state index is 0.447. The third-order valence-corrected chi connectivity index (χ3v) is 4.79. The summed E-state index contributed by atoms with van der Waals surface area (Å²) in [6.07, 6.45) is 8.32. The van der Waals surface area contributed by atoms with Crippen LogP contribution in [-0.2, 0) is 0 Å². The van der Waals surface area contributed by atoms with Gasteiger partial charge in [0.05, 0.1) is 0 Å². The van der Waals surface area contributed by atoms with Crippen LogP contribution in [0.2, 0.25) is 0 Å². The van der Waals surface area contributed by atoms with Gasteiger partial charge in [0.2, 0.25) is 0 Å². The van der Waals surface area contributed by atoms with Crippen molar-refractivity contribution in [3.8, 4) is 0 Å². The SMILES string of the molecule is CCCNC(C)c1ccc(N(C)CC2CCCCC2)cc1. The quantitative estimate of drug-likeness (QED) is 0.778. The van der Waals surface area contributed by atoms with Crippen molar-refractivity contribution < 1.29 is 0 Å². The maximum atomic E-state index is 3.55. The molecule has 0 bridgehead atoms. The molecule has 1 fully saturated rings. The van der Waals surface area contributed by atoms with E-state index < -0.39 is 0 Å². The third-order valence-electron chi connectivity index (χ3n) is 4.79. The molecule has 21 heavy (non-hydrogen) atoms. The monoisotopic (exact) mass is 288 g/mol. The number of rotatable bonds is 7. The van der Waals surface area contributed by atoms with Gasteiger partial charge in [0, 0.05) is 25.3 Å². The van der Waals surface area contributed by atoms with Crippen molar-refractivity contribution >= 4 is 5.69 Å². The Morgan fingerprint density at radius 1 is 1.14 bits per heavy atom. The molecule has 1 saturated carbocycles. The summed E-state index contributed by atoms with van der Waals surface area (Å²) in [5.41, 5.74) is 2.74. The van der Waals surface area contributed by atoms with Crippen molar-refractivity contribution in [3.05, 3.63) is 29.8 Å². The van der Waals surface area contributed by atoms with Gasteiger partial charge in [-0.1, -0.05) is 38.3 Å². The molecule has 1 aliphatic rings. The maximum absolute atomic E-state index is 3.55. The van der Waals surface area contributed by atoms with Crippen LogP contribution in [0.25, 0.3) is 0 Å². The van der Waals surface area contributed by atoms with E-state index in [9.17, 15) is 0 Å². The molecule has 0 amide bonds. The summed E-state index contributed by atoms with van der Waals surface area (Å²) >= 11 is 0. The van der Waals surface area contributed by atoms with Crippen LogP contribution in [0.4, 0.5) is 5.69 Å². The van der Waals surface area contributed by atoms with Crippen LogP contribution in [0.3, 0.4) is 0 Å². The lowest BCUT2D eigenvalue weighted by molar-refractivity contribution is 0.362. The molecule has 0 aromatic heterocycles. The fourth-order valence-electron chi connectivity index (χ4n) is 3.36. The van der Waals surface area contributed by atoms with E-state index in [2.05, 4.69) is 55.4 Å². The average Bonchev–Trinajstić information content (AvgIpc) is 2.53. The van der Waals surface area contributed by atoms with Crippen LogP contribution < -0.4 is 10.2 Å². The van der Waals surface area contributed by atoms with Crippen LogP contribution in [0.1, 0.15) is 64.0 Å². The van der Waals surface area contributed by atoms with Crippen molar-refractivity contribution in [1.29, 1.82) is 0 Å². The largest absolute Gasteiger partial charge is 0.374 e. The fraction of sp³-hybridized carbons (Fsp3) is 0.684. The van der Waals surface area contributed by atoms with E-state index in [1.807, 2.05) is 0 Å². The predicted octanol–water partition coefficient (Wildman–Crippen LogP) is 4.76. The van der Waals surface area contributed by atoms with E-state index in [1.54, 1.807) is 0 Å². The van der Waals surface area contributed by atoms with Gasteiger partial charge in [0.1, 0.15) is 0 Å². The summed E-state index contributed by atoms with van der Waals surface area (Å²) < 4.78 is 0. The first-order chi connectivity index (χ1) is 10.2. The lowest BCUT2D eigenvalue weighted by Gasteiger charge is -2.28. The lowest BCUT2D eigenvalue weighted by atomic mass is 9.89. The average molecular weight is 288 g/mol. The molecule has 118 valence electrons. The van der Waals surface area contributed by atoms with E-state index in [-0.39, 0.29) is 0 Å². The molecule has 1 aromatic rings. The van der Waals surface area contributed by atoms with E-state index >= 15 is 0 Å². The van der Waals surface area contributed by atoms with Gasteiger partial charge in [-0.25, -0.2) is 0 Å². The third kappa shape index (κ3) is 5.03. The topological polar surface area (TPSA) is 15.3 Å². The number of nitrogens with one attached hydrogen (secondary N) is 1. The molecule has 1 N–H and O–H groups in total. The first-order valence-corrected chi connectivity index (χ1v) is 8.75. The molecule has 0 radical (unpaired) electrons. The molecule has 1 unspecified atom stereocenters. The van der Waals surface area contributed by atoms with Crippen molar-refractivity contribution in [2.24, 2.45) is 5.92 Å². The minimum atomic E-state index is 0.447. The van der Waals surface area contributed by atoms with Crippen LogP contribution in [-0.4, -0.2) is 20.1 Å². The second kappa shape index (κ2) is 8.43. The highest BCUT2D eigenvalue weighted by Gasteiger charge is 2.15. The van der Waals surface area contributed by atoms with Gasteiger partial charge in [0.25, 0.3) is 0 Å². The molecule has 2 heteroatoms. The van der Waals surface area contributed by atoms with Gasteiger partial charge in [-0.3, -0.25) is 0 Å². The van der Waals surface area contributed by atoms with Gasteiger partial charge in [-0.2, -0.15) is 0 Å². The van der Waals surface area contributed by atoms with Crippen molar-refractivity contribution in [1.82, 2.24) is 5.32 Å². The molecule has 1 aromatic carbocycles. The molecule has 0 saturated heterocycles. The van der Waals surface area contributed by atoms with E-state index in [1.165, 1.54) is 56.3 Å². The first kappa shape index (κ1) is 16.4. The Hall–Kier alpha value is -1.02. The molecular weight excluding hydrogens is 256 g/mol. The molecule has 2 rings (SSSR count). The van der Waals surface area contributed by atoms with Gasteiger partial charge in [-0.05, 0) is 56.3 Å². The van der Waals surface area contributed by atoms with Crippen LogP contribution in [0, 0.1) is 5.92 Å². The second-order valence-electron chi connectivity index (χ2n) is 6.65. The second-order valence-corrected chi connectivity index (χ2v) is 6.65. The van der Waals surface area contributed by atoms with E-state index in [0.29, 0.717) is 6.04 Å². The Morgan fingerprint density at radius 2 is 1.81 bits per heavy atom. The van der Waals surface area contributed by atoms with Crippen molar-refractivity contribution in [2.45, 2.75) is 58.4 Å². The van der Waals surface area contributed by atoms with E-state index in [4.69, 9.17) is 0 Å². The number of benzene rings is 1.